The molecule has 1 N–H and O–H groups in total. The fourth-order valence-electron chi connectivity index (χ4n) is 3.51. The average Bonchev–Trinajstić information content (AvgIpc) is 3.34. The van der Waals surface area contributed by atoms with Crippen LogP contribution in [0.2, 0.25) is 0 Å². The Bertz CT molecular complexity index is 1220. The van der Waals surface area contributed by atoms with Gasteiger partial charge in [0.1, 0.15) is 22.5 Å². The molecular formula is C22H20N2O4S. The van der Waals surface area contributed by atoms with Crippen LogP contribution in [0.1, 0.15) is 29.4 Å². The summed E-state index contributed by atoms with van der Waals surface area (Å²) in [5, 5.41) is 12.1. The zero-order valence-electron chi connectivity index (χ0n) is 16.1. The maximum absolute atomic E-state index is 13.4. The number of hydrogen-bond donors (Lipinski definition) is 1. The minimum absolute atomic E-state index is 0.298. The summed E-state index contributed by atoms with van der Waals surface area (Å²) in [5.74, 6) is -0.0815. The SMILES string of the molecule is Cc1ccc(CCC(C(=O)O)n2c(C)nc3scc(-c4ccco4)c3c2=O)cc1. The average molecular weight is 408 g/mol. The Balaban J connectivity index is 1.77. The summed E-state index contributed by atoms with van der Waals surface area (Å²) in [6.07, 6.45) is 2.39. The number of hydrogen-bond acceptors (Lipinski definition) is 5. The van der Waals surface area contributed by atoms with Gasteiger partial charge in [-0.3, -0.25) is 9.36 Å². The molecule has 4 aromatic rings. The summed E-state index contributed by atoms with van der Waals surface area (Å²) in [5.41, 5.74) is 2.47. The Labute approximate surface area is 171 Å². The van der Waals surface area contributed by atoms with Crippen LogP contribution in [0.4, 0.5) is 0 Å². The van der Waals surface area contributed by atoms with Gasteiger partial charge >= 0.3 is 5.97 Å². The first kappa shape index (κ1) is 19.1. The first-order valence-electron chi connectivity index (χ1n) is 9.28. The second-order valence-corrected chi connectivity index (χ2v) is 7.88. The van der Waals surface area contributed by atoms with Crippen molar-refractivity contribution in [1.29, 1.82) is 0 Å². The molecule has 7 heteroatoms. The van der Waals surface area contributed by atoms with E-state index in [1.54, 1.807) is 25.3 Å². The van der Waals surface area contributed by atoms with Gasteiger partial charge in [-0.2, -0.15) is 0 Å². The molecule has 0 spiro atoms. The molecule has 0 fully saturated rings. The summed E-state index contributed by atoms with van der Waals surface area (Å²) in [6, 6.07) is 10.5. The molecule has 4 rings (SSSR count). The second-order valence-electron chi connectivity index (χ2n) is 7.02. The lowest BCUT2D eigenvalue weighted by molar-refractivity contribution is -0.141. The van der Waals surface area contributed by atoms with E-state index >= 15 is 0 Å². The van der Waals surface area contributed by atoms with E-state index in [0.29, 0.717) is 40.2 Å². The molecule has 0 aliphatic heterocycles. The zero-order chi connectivity index (χ0) is 20.5. The maximum atomic E-state index is 13.4. The number of furan rings is 1. The highest BCUT2D eigenvalue weighted by Crippen LogP contribution is 2.32. The summed E-state index contributed by atoms with van der Waals surface area (Å²) in [7, 11) is 0. The number of nitrogens with zero attached hydrogens (tertiary/aromatic N) is 2. The first-order chi connectivity index (χ1) is 14.0. The van der Waals surface area contributed by atoms with Gasteiger partial charge in [0.05, 0.1) is 11.6 Å². The lowest BCUT2D eigenvalue weighted by Crippen LogP contribution is -2.32. The highest BCUT2D eigenvalue weighted by molar-refractivity contribution is 7.17. The molecule has 6 nitrogen and oxygen atoms in total. The molecule has 0 aliphatic rings. The summed E-state index contributed by atoms with van der Waals surface area (Å²) in [4.78, 5) is 30.5. The maximum Gasteiger partial charge on any atom is 0.326 e. The Kier molecular flexibility index (Phi) is 5.07. The number of aliphatic carboxylic acids is 1. The number of fused-ring (bicyclic) bond motifs is 1. The van der Waals surface area contributed by atoms with Crippen LogP contribution in [-0.2, 0) is 11.2 Å². The molecule has 0 radical (unpaired) electrons. The van der Waals surface area contributed by atoms with Crippen LogP contribution in [-0.4, -0.2) is 20.6 Å². The highest BCUT2D eigenvalue weighted by Gasteiger charge is 2.26. The number of carboxylic acid groups (broad SMARTS) is 1. The van der Waals surface area contributed by atoms with Crippen molar-refractivity contribution in [3.63, 3.8) is 0 Å². The van der Waals surface area contributed by atoms with Gasteiger partial charge < -0.3 is 9.52 Å². The first-order valence-corrected chi connectivity index (χ1v) is 10.2. The summed E-state index contributed by atoms with van der Waals surface area (Å²) >= 11 is 1.35. The van der Waals surface area contributed by atoms with E-state index in [9.17, 15) is 14.7 Å². The Morgan fingerprint density at radius 2 is 2.00 bits per heavy atom. The Morgan fingerprint density at radius 3 is 2.66 bits per heavy atom. The third-order valence-electron chi connectivity index (χ3n) is 5.03. The van der Waals surface area contributed by atoms with Gasteiger partial charge in [-0.15, -0.1) is 11.3 Å². The lowest BCUT2D eigenvalue weighted by Gasteiger charge is -2.18. The molecular weight excluding hydrogens is 388 g/mol. The van der Waals surface area contributed by atoms with Crippen molar-refractivity contribution in [3.05, 3.63) is 75.3 Å². The smallest absolute Gasteiger partial charge is 0.326 e. The number of aromatic nitrogens is 2. The van der Waals surface area contributed by atoms with E-state index < -0.39 is 12.0 Å². The van der Waals surface area contributed by atoms with E-state index in [2.05, 4.69) is 4.98 Å². The van der Waals surface area contributed by atoms with Crippen molar-refractivity contribution in [3.8, 4) is 11.3 Å². The van der Waals surface area contributed by atoms with Gasteiger partial charge in [0.15, 0.2) is 0 Å². The fraction of sp³-hybridized carbons (Fsp3) is 0.227. The van der Waals surface area contributed by atoms with Crippen LogP contribution < -0.4 is 5.56 Å². The molecule has 1 unspecified atom stereocenters. The van der Waals surface area contributed by atoms with Gasteiger partial charge in [0.2, 0.25) is 0 Å². The quantitative estimate of drug-likeness (QED) is 0.504. The third-order valence-corrected chi connectivity index (χ3v) is 5.90. The molecule has 3 aromatic heterocycles. The van der Waals surface area contributed by atoms with Gasteiger partial charge in [-0.05, 0) is 44.4 Å². The minimum Gasteiger partial charge on any atom is -0.480 e. The molecule has 0 bridgehead atoms. The number of aryl methyl sites for hydroxylation is 3. The highest BCUT2D eigenvalue weighted by atomic mass is 32.1. The van der Waals surface area contributed by atoms with Crippen molar-refractivity contribution in [2.24, 2.45) is 0 Å². The van der Waals surface area contributed by atoms with Crippen LogP contribution in [0.15, 0.2) is 57.3 Å². The van der Waals surface area contributed by atoms with E-state index in [1.807, 2.05) is 36.6 Å². The fourth-order valence-corrected chi connectivity index (χ4v) is 4.47. The van der Waals surface area contributed by atoms with Crippen LogP contribution in [0.25, 0.3) is 21.5 Å². The Hall–Kier alpha value is -3.19. The van der Waals surface area contributed by atoms with E-state index in [1.165, 1.54) is 15.9 Å². The van der Waals surface area contributed by atoms with Crippen molar-refractivity contribution in [2.75, 3.05) is 0 Å². The molecule has 1 atom stereocenters. The molecule has 1 aromatic carbocycles. The van der Waals surface area contributed by atoms with Gasteiger partial charge in [-0.25, -0.2) is 9.78 Å². The molecule has 29 heavy (non-hydrogen) atoms. The molecule has 0 saturated carbocycles. The van der Waals surface area contributed by atoms with Crippen molar-refractivity contribution >= 4 is 27.5 Å². The lowest BCUT2D eigenvalue weighted by atomic mass is 10.0. The molecule has 148 valence electrons. The summed E-state index contributed by atoms with van der Waals surface area (Å²) < 4.78 is 6.75. The van der Waals surface area contributed by atoms with Crippen LogP contribution in [0.5, 0.6) is 0 Å². The van der Waals surface area contributed by atoms with Crippen molar-refractivity contribution in [1.82, 2.24) is 9.55 Å². The number of benzene rings is 1. The van der Waals surface area contributed by atoms with Crippen molar-refractivity contribution < 1.29 is 14.3 Å². The van der Waals surface area contributed by atoms with Gasteiger partial charge in [0.25, 0.3) is 5.56 Å². The molecule has 0 aliphatic carbocycles. The largest absolute Gasteiger partial charge is 0.480 e. The van der Waals surface area contributed by atoms with E-state index in [4.69, 9.17) is 4.42 Å². The number of thiophene rings is 1. The van der Waals surface area contributed by atoms with Crippen molar-refractivity contribution in [2.45, 2.75) is 32.7 Å². The number of rotatable bonds is 6. The van der Waals surface area contributed by atoms with Crippen LogP contribution in [0, 0.1) is 13.8 Å². The Morgan fingerprint density at radius 1 is 1.24 bits per heavy atom. The van der Waals surface area contributed by atoms with E-state index in [0.717, 1.165) is 11.1 Å². The second kappa shape index (κ2) is 7.67. The normalized spacial score (nSPS) is 12.3. The molecule has 3 heterocycles. The monoisotopic (exact) mass is 408 g/mol. The molecule has 0 saturated heterocycles. The topological polar surface area (TPSA) is 85.3 Å². The minimum atomic E-state index is -1.04. The third kappa shape index (κ3) is 3.61. The predicted octanol–water partition coefficient (Wildman–Crippen LogP) is 4.59. The summed E-state index contributed by atoms with van der Waals surface area (Å²) in [6.45, 7) is 3.68. The number of carboxylic acids is 1. The zero-order valence-corrected chi connectivity index (χ0v) is 16.9. The van der Waals surface area contributed by atoms with Gasteiger partial charge in [0, 0.05) is 10.9 Å². The standard InChI is InChI=1S/C22H20N2O4S/c1-13-5-7-15(8-6-13)9-10-17(22(26)27)24-14(2)23-20-19(21(24)25)16(12-29-20)18-4-3-11-28-18/h3-8,11-12,17H,9-10H2,1-2H3,(H,26,27). The van der Waals surface area contributed by atoms with Crippen LogP contribution in [0.3, 0.4) is 0 Å². The van der Waals surface area contributed by atoms with Crippen LogP contribution >= 0.6 is 11.3 Å². The number of carbonyl (C=O) groups is 1. The van der Waals surface area contributed by atoms with E-state index in [-0.39, 0.29) is 5.56 Å². The predicted molar refractivity (Wildman–Crippen MR) is 112 cm³/mol. The van der Waals surface area contributed by atoms with Gasteiger partial charge in [-0.1, -0.05) is 29.8 Å². The molecule has 0 amide bonds.